The van der Waals surface area contributed by atoms with Gasteiger partial charge in [0.15, 0.2) is 0 Å². The first-order valence-electron chi connectivity index (χ1n) is 3.41. The summed E-state index contributed by atoms with van der Waals surface area (Å²) >= 11 is 0. The number of hydrogen-bond donors (Lipinski definition) is 1. The molecular weight excluding hydrogens is 166 g/mol. The maximum Gasteiger partial charge on any atom is 0.138 e. The molecule has 2 rings (SSSR count). The van der Waals surface area contributed by atoms with Crippen LogP contribution in [-0.4, -0.2) is 26.0 Å². The molecule has 4 nitrogen and oxygen atoms in total. The normalized spacial score (nSPS) is 22.1. The van der Waals surface area contributed by atoms with Gasteiger partial charge in [0.2, 0.25) is 0 Å². The first-order valence-corrected chi connectivity index (χ1v) is 3.41. The van der Waals surface area contributed by atoms with E-state index < -0.39 is 0 Å². The quantitative estimate of drug-likeness (QED) is 0.604. The van der Waals surface area contributed by atoms with E-state index in [-0.39, 0.29) is 18.5 Å². The average Bonchev–Trinajstić information content (AvgIpc) is 2.33. The fourth-order valence-electron chi connectivity index (χ4n) is 1.22. The summed E-state index contributed by atoms with van der Waals surface area (Å²) in [7, 11) is 0. The molecule has 0 bridgehead atoms. The summed E-state index contributed by atoms with van der Waals surface area (Å²) in [6, 6.07) is 0. The van der Waals surface area contributed by atoms with Crippen molar-refractivity contribution in [3.63, 3.8) is 0 Å². The predicted molar refractivity (Wildman–Crippen MR) is 41.6 cm³/mol. The van der Waals surface area contributed by atoms with Crippen LogP contribution in [-0.2, 0) is 13.0 Å². The molecule has 11 heavy (non-hydrogen) atoms. The van der Waals surface area contributed by atoms with E-state index in [4.69, 9.17) is 0 Å². The highest BCUT2D eigenvalue weighted by atomic mass is 35.5. The van der Waals surface area contributed by atoms with Crippen molar-refractivity contribution in [1.82, 2.24) is 14.8 Å². The molecule has 1 aliphatic rings. The van der Waals surface area contributed by atoms with Crippen molar-refractivity contribution < 1.29 is 5.11 Å². The Hall–Kier alpha value is -0.610. The van der Waals surface area contributed by atoms with E-state index in [2.05, 4.69) is 10.1 Å². The lowest BCUT2D eigenvalue weighted by molar-refractivity contribution is 0.138. The SMILES string of the molecule is Cl.OC1CCn2ncnc2C1. The van der Waals surface area contributed by atoms with Crippen molar-refractivity contribution in [2.24, 2.45) is 0 Å². The Balaban J connectivity index is 0.000000605. The Morgan fingerprint density at radius 2 is 2.45 bits per heavy atom. The number of fused-ring (bicyclic) bond motifs is 1. The molecule has 1 aliphatic heterocycles. The molecular formula is C6H10ClN3O. The molecule has 1 aromatic heterocycles. The van der Waals surface area contributed by atoms with E-state index in [0.29, 0.717) is 6.42 Å². The largest absolute Gasteiger partial charge is 0.393 e. The second kappa shape index (κ2) is 3.19. The fourth-order valence-corrected chi connectivity index (χ4v) is 1.22. The first kappa shape index (κ1) is 8.49. The van der Waals surface area contributed by atoms with E-state index in [9.17, 15) is 5.11 Å². The number of halogens is 1. The van der Waals surface area contributed by atoms with E-state index >= 15 is 0 Å². The molecule has 1 unspecified atom stereocenters. The van der Waals surface area contributed by atoms with Gasteiger partial charge in [-0.1, -0.05) is 0 Å². The molecule has 0 aliphatic carbocycles. The van der Waals surface area contributed by atoms with Crippen LogP contribution in [0.5, 0.6) is 0 Å². The molecule has 0 saturated heterocycles. The van der Waals surface area contributed by atoms with Gasteiger partial charge < -0.3 is 5.11 Å². The van der Waals surface area contributed by atoms with Crippen molar-refractivity contribution in [3.05, 3.63) is 12.2 Å². The van der Waals surface area contributed by atoms with Gasteiger partial charge in [-0.3, -0.25) is 0 Å². The van der Waals surface area contributed by atoms with E-state index in [1.807, 2.05) is 4.68 Å². The van der Waals surface area contributed by atoms with E-state index in [0.717, 1.165) is 18.8 Å². The molecule has 2 heterocycles. The smallest absolute Gasteiger partial charge is 0.138 e. The standard InChI is InChI=1S/C6H9N3O.ClH/c10-5-1-2-9-6(3-5)7-4-8-9;/h4-5,10H,1-3H2;1H. The van der Waals surface area contributed by atoms with Gasteiger partial charge in [0, 0.05) is 13.0 Å². The minimum absolute atomic E-state index is 0. The van der Waals surface area contributed by atoms with E-state index in [1.54, 1.807) is 0 Å². The molecule has 0 spiro atoms. The Morgan fingerprint density at radius 3 is 3.27 bits per heavy atom. The summed E-state index contributed by atoms with van der Waals surface area (Å²) in [5.74, 6) is 0.902. The molecule has 0 amide bonds. The van der Waals surface area contributed by atoms with Gasteiger partial charge in [-0.05, 0) is 6.42 Å². The van der Waals surface area contributed by atoms with Crippen LogP contribution in [0.4, 0.5) is 0 Å². The Bertz CT molecular complexity index is 237. The van der Waals surface area contributed by atoms with Crippen LogP contribution in [0.1, 0.15) is 12.2 Å². The zero-order chi connectivity index (χ0) is 6.97. The number of aliphatic hydroxyl groups excluding tert-OH is 1. The second-order valence-corrected chi connectivity index (χ2v) is 2.55. The van der Waals surface area contributed by atoms with Crippen LogP contribution >= 0.6 is 12.4 Å². The zero-order valence-electron chi connectivity index (χ0n) is 5.97. The Morgan fingerprint density at radius 1 is 1.64 bits per heavy atom. The minimum atomic E-state index is -0.211. The molecule has 1 aromatic rings. The van der Waals surface area contributed by atoms with Gasteiger partial charge in [0.05, 0.1) is 6.10 Å². The van der Waals surface area contributed by atoms with Crippen LogP contribution in [0.3, 0.4) is 0 Å². The van der Waals surface area contributed by atoms with Crippen molar-refractivity contribution in [1.29, 1.82) is 0 Å². The number of aryl methyl sites for hydroxylation is 1. The fraction of sp³-hybridized carbons (Fsp3) is 0.667. The predicted octanol–water partition coefficient (Wildman–Crippen LogP) is 0.00700. The summed E-state index contributed by atoms with van der Waals surface area (Å²) in [4.78, 5) is 4.00. The summed E-state index contributed by atoms with van der Waals surface area (Å²) in [6.45, 7) is 0.802. The van der Waals surface area contributed by atoms with Crippen molar-refractivity contribution >= 4 is 12.4 Å². The topological polar surface area (TPSA) is 50.9 Å². The molecule has 0 radical (unpaired) electrons. The summed E-state index contributed by atoms with van der Waals surface area (Å²) in [5, 5.41) is 13.2. The molecule has 0 aromatic carbocycles. The number of nitrogens with zero attached hydrogens (tertiary/aromatic N) is 3. The van der Waals surface area contributed by atoms with Crippen LogP contribution in [0.15, 0.2) is 6.33 Å². The highest BCUT2D eigenvalue weighted by molar-refractivity contribution is 5.85. The van der Waals surface area contributed by atoms with Crippen molar-refractivity contribution in [3.8, 4) is 0 Å². The van der Waals surface area contributed by atoms with Gasteiger partial charge >= 0.3 is 0 Å². The minimum Gasteiger partial charge on any atom is -0.393 e. The number of aromatic nitrogens is 3. The number of hydrogen-bond acceptors (Lipinski definition) is 3. The lowest BCUT2D eigenvalue weighted by Gasteiger charge is -2.16. The maximum atomic E-state index is 9.19. The Kier molecular flexibility index (Phi) is 2.46. The summed E-state index contributed by atoms with van der Waals surface area (Å²) in [5.41, 5.74) is 0. The third kappa shape index (κ3) is 1.52. The zero-order valence-corrected chi connectivity index (χ0v) is 6.79. The molecule has 1 atom stereocenters. The van der Waals surface area contributed by atoms with Gasteiger partial charge in [-0.25, -0.2) is 9.67 Å². The third-order valence-electron chi connectivity index (χ3n) is 1.79. The van der Waals surface area contributed by atoms with Gasteiger partial charge in [0.25, 0.3) is 0 Å². The summed E-state index contributed by atoms with van der Waals surface area (Å²) < 4.78 is 1.84. The molecule has 1 N–H and O–H groups in total. The van der Waals surface area contributed by atoms with Crippen LogP contribution in [0.25, 0.3) is 0 Å². The van der Waals surface area contributed by atoms with Crippen LogP contribution in [0.2, 0.25) is 0 Å². The summed E-state index contributed by atoms with van der Waals surface area (Å²) in [6.07, 6.45) is 2.78. The molecule has 0 saturated carbocycles. The molecule has 0 fully saturated rings. The van der Waals surface area contributed by atoms with E-state index in [1.165, 1.54) is 6.33 Å². The lowest BCUT2D eigenvalue weighted by atomic mass is 10.1. The highest BCUT2D eigenvalue weighted by Gasteiger charge is 2.16. The Labute approximate surface area is 70.7 Å². The van der Waals surface area contributed by atoms with Gasteiger partial charge in [-0.15, -0.1) is 12.4 Å². The average molecular weight is 176 g/mol. The maximum absolute atomic E-state index is 9.19. The number of aliphatic hydroxyl groups is 1. The molecule has 62 valence electrons. The van der Waals surface area contributed by atoms with Crippen molar-refractivity contribution in [2.75, 3.05) is 0 Å². The monoisotopic (exact) mass is 175 g/mol. The number of rotatable bonds is 0. The first-order chi connectivity index (χ1) is 4.86. The van der Waals surface area contributed by atoms with Crippen LogP contribution < -0.4 is 0 Å². The lowest BCUT2D eigenvalue weighted by Crippen LogP contribution is -2.23. The van der Waals surface area contributed by atoms with Gasteiger partial charge in [0.1, 0.15) is 12.2 Å². The highest BCUT2D eigenvalue weighted by Crippen LogP contribution is 2.10. The second-order valence-electron chi connectivity index (χ2n) is 2.55. The van der Waals surface area contributed by atoms with Gasteiger partial charge in [-0.2, -0.15) is 5.10 Å². The molecule has 5 heteroatoms. The van der Waals surface area contributed by atoms with Crippen molar-refractivity contribution in [2.45, 2.75) is 25.5 Å². The van der Waals surface area contributed by atoms with Crippen LogP contribution in [0, 0.1) is 0 Å². The third-order valence-corrected chi connectivity index (χ3v) is 1.79.